The van der Waals surface area contributed by atoms with Crippen LogP contribution >= 0.6 is 11.6 Å². The molecular weight excluding hydrogens is 340 g/mol. The second kappa shape index (κ2) is 5.43. The molecule has 3 rings (SSSR count). The van der Waals surface area contributed by atoms with Crippen LogP contribution in [0.5, 0.6) is 0 Å². The Morgan fingerprint density at radius 2 is 1.83 bits per heavy atom. The predicted molar refractivity (Wildman–Crippen MR) is 88.5 cm³/mol. The molecule has 1 aromatic heterocycles. The number of aromatic nitrogens is 1. The van der Waals surface area contributed by atoms with Crippen molar-refractivity contribution in [3.05, 3.63) is 57.5 Å². The Morgan fingerprint density at radius 3 is 2.48 bits per heavy atom. The lowest BCUT2D eigenvalue weighted by molar-refractivity contribution is 0.527. The van der Waals surface area contributed by atoms with Crippen LogP contribution in [0.25, 0.3) is 11.1 Å². The molecule has 2 aromatic carbocycles. The predicted octanol–water partition coefficient (Wildman–Crippen LogP) is 2.89. The highest BCUT2D eigenvalue weighted by molar-refractivity contribution is 7.92. The lowest BCUT2D eigenvalue weighted by Gasteiger charge is -2.10. The molecule has 8 heteroatoms. The highest BCUT2D eigenvalue weighted by Crippen LogP contribution is 2.28. The number of sulfonamides is 1. The minimum absolute atomic E-state index is 0.00788. The number of hydrogen-bond donors (Lipinski definition) is 1. The van der Waals surface area contributed by atoms with Crippen molar-refractivity contribution in [3.63, 3.8) is 0 Å². The summed E-state index contributed by atoms with van der Waals surface area (Å²) in [5.74, 6) is -0.586. The monoisotopic (exact) mass is 352 g/mol. The number of nitrogens with zero attached hydrogens (tertiary/aromatic N) is 1. The molecular formula is C15H13ClN2O4S. The number of oxazole rings is 1. The highest BCUT2D eigenvalue weighted by Gasteiger charge is 2.21. The minimum atomic E-state index is -3.91. The third kappa shape index (κ3) is 2.85. The lowest BCUT2D eigenvalue weighted by atomic mass is 10.2. The van der Waals surface area contributed by atoms with Crippen LogP contribution in [0.3, 0.4) is 0 Å². The third-order valence-corrected chi connectivity index (χ3v) is 5.29. The number of fused-ring (bicyclic) bond motifs is 1. The van der Waals surface area contributed by atoms with E-state index in [4.69, 9.17) is 16.0 Å². The number of hydrogen-bond acceptors (Lipinski definition) is 4. The van der Waals surface area contributed by atoms with Crippen molar-refractivity contribution in [2.45, 2.75) is 11.8 Å². The maximum absolute atomic E-state index is 12.5. The Bertz CT molecular complexity index is 1050. The number of anilines is 1. The molecule has 0 aliphatic rings. The molecule has 0 aliphatic carbocycles. The fourth-order valence-corrected chi connectivity index (χ4v) is 3.76. The van der Waals surface area contributed by atoms with Crippen LogP contribution in [0.4, 0.5) is 5.69 Å². The summed E-state index contributed by atoms with van der Waals surface area (Å²) in [5.41, 5.74) is 2.01. The Labute approximate surface area is 137 Å². The first-order chi connectivity index (χ1) is 10.8. The van der Waals surface area contributed by atoms with Crippen molar-refractivity contribution in [1.82, 2.24) is 4.57 Å². The minimum Gasteiger partial charge on any atom is -0.408 e. The molecule has 0 saturated heterocycles. The van der Waals surface area contributed by atoms with Crippen molar-refractivity contribution >= 4 is 38.4 Å². The molecule has 120 valence electrons. The van der Waals surface area contributed by atoms with Gasteiger partial charge in [0.05, 0.1) is 10.5 Å². The van der Waals surface area contributed by atoms with Crippen LogP contribution in [0.2, 0.25) is 5.02 Å². The van der Waals surface area contributed by atoms with E-state index in [2.05, 4.69) is 4.72 Å². The van der Waals surface area contributed by atoms with E-state index < -0.39 is 15.8 Å². The van der Waals surface area contributed by atoms with Crippen molar-refractivity contribution in [3.8, 4) is 0 Å². The first-order valence-electron chi connectivity index (χ1n) is 6.66. The molecule has 0 fully saturated rings. The van der Waals surface area contributed by atoms with Gasteiger partial charge in [0.2, 0.25) is 0 Å². The molecule has 3 aromatic rings. The molecule has 1 heterocycles. The zero-order valence-corrected chi connectivity index (χ0v) is 13.9. The number of rotatable bonds is 3. The van der Waals surface area contributed by atoms with E-state index in [1.807, 2.05) is 6.92 Å². The number of aryl methyl sites for hydroxylation is 2. The van der Waals surface area contributed by atoms with Gasteiger partial charge in [-0.05, 0) is 25.1 Å². The average molecular weight is 353 g/mol. The summed E-state index contributed by atoms with van der Waals surface area (Å²) in [5, 5.41) is 0.00788. The van der Waals surface area contributed by atoms with Crippen molar-refractivity contribution < 1.29 is 12.8 Å². The smallest absolute Gasteiger partial charge is 0.408 e. The quantitative estimate of drug-likeness (QED) is 0.785. The number of halogens is 1. The maximum atomic E-state index is 12.5. The van der Waals surface area contributed by atoms with Crippen LogP contribution in [0, 0.1) is 6.92 Å². The zero-order valence-electron chi connectivity index (χ0n) is 12.3. The molecule has 0 amide bonds. The molecule has 0 unspecified atom stereocenters. The zero-order chi connectivity index (χ0) is 16.8. The van der Waals surface area contributed by atoms with Crippen LogP contribution in [-0.2, 0) is 17.1 Å². The van der Waals surface area contributed by atoms with E-state index >= 15 is 0 Å². The summed E-state index contributed by atoms with van der Waals surface area (Å²) in [6.45, 7) is 1.90. The van der Waals surface area contributed by atoms with Crippen molar-refractivity contribution in [1.29, 1.82) is 0 Å². The third-order valence-electron chi connectivity index (χ3n) is 3.44. The van der Waals surface area contributed by atoms with Gasteiger partial charge in [0.15, 0.2) is 5.58 Å². The fraction of sp³-hybridized carbons (Fsp3) is 0.133. The van der Waals surface area contributed by atoms with Crippen LogP contribution in [0.1, 0.15) is 5.56 Å². The standard InChI is InChI=1S/C15H13ClN2O4S/c1-9-3-5-10(6-4-9)17-23(20,21)14-8-13-12(7-11(14)16)18(2)15(19)22-13/h3-8,17H,1-2H3. The molecule has 6 nitrogen and oxygen atoms in total. The summed E-state index contributed by atoms with van der Waals surface area (Å²) in [7, 11) is -2.39. The van der Waals surface area contributed by atoms with Crippen LogP contribution < -0.4 is 10.5 Å². The summed E-state index contributed by atoms with van der Waals surface area (Å²) in [4.78, 5) is 11.4. The number of benzene rings is 2. The molecule has 0 atom stereocenters. The van der Waals surface area contributed by atoms with E-state index in [0.717, 1.165) is 5.56 Å². The number of nitrogens with one attached hydrogen (secondary N) is 1. The Kier molecular flexibility index (Phi) is 3.69. The molecule has 23 heavy (non-hydrogen) atoms. The van der Waals surface area contributed by atoms with E-state index in [-0.39, 0.29) is 15.5 Å². The van der Waals surface area contributed by atoms with Gasteiger partial charge in [-0.15, -0.1) is 0 Å². The van der Waals surface area contributed by atoms with Crippen LogP contribution in [0.15, 0.2) is 50.5 Å². The van der Waals surface area contributed by atoms with Gasteiger partial charge < -0.3 is 4.42 Å². The normalized spacial score (nSPS) is 11.8. The van der Waals surface area contributed by atoms with E-state index in [1.165, 1.54) is 23.7 Å². The van der Waals surface area contributed by atoms with E-state index in [9.17, 15) is 13.2 Å². The molecule has 0 saturated carbocycles. The van der Waals surface area contributed by atoms with Gasteiger partial charge in [0.25, 0.3) is 10.0 Å². The van der Waals surface area contributed by atoms with Crippen LogP contribution in [-0.4, -0.2) is 13.0 Å². The molecule has 0 bridgehead atoms. The van der Waals surface area contributed by atoms with Crippen molar-refractivity contribution in [2.24, 2.45) is 7.05 Å². The SMILES string of the molecule is Cc1ccc(NS(=O)(=O)c2cc3oc(=O)n(C)c3cc2Cl)cc1. The largest absolute Gasteiger partial charge is 0.419 e. The lowest BCUT2D eigenvalue weighted by Crippen LogP contribution is -2.13. The van der Waals surface area contributed by atoms with Gasteiger partial charge in [-0.1, -0.05) is 29.3 Å². The molecule has 0 aliphatic heterocycles. The summed E-state index contributed by atoms with van der Waals surface area (Å²) < 4.78 is 33.8. The van der Waals surface area contributed by atoms with Gasteiger partial charge in [-0.2, -0.15) is 0 Å². The fourth-order valence-electron chi connectivity index (χ4n) is 2.17. The Balaban J connectivity index is 2.09. The molecule has 0 radical (unpaired) electrons. The second-order valence-electron chi connectivity index (χ2n) is 5.15. The topological polar surface area (TPSA) is 81.3 Å². The van der Waals surface area contributed by atoms with Gasteiger partial charge in [-0.25, -0.2) is 13.2 Å². The molecule has 0 spiro atoms. The highest BCUT2D eigenvalue weighted by atomic mass is 35.5. The molecule has 1 N–H and O–H groups in total. The van der Waals surface area contributed by atoms with Gasteiger partial charge in [0, 0.05) is 18.8 Å². The Hall–Kier alpha value is -2.25. The van der Waals surface area contributed by atoms with Gasteiger partial charge >= 0.3 is 5.76 Å². The Morgan fingerprint density at radius 1 is 1.17 bits per heavy atom. The van der Waals surface area contributed by atoms with Gasteiger partial charge in [0.1, 0.15) is 4.90 Å². The first kappa shape index (κ1) is 15.6. The summed E-state index contributed by atoms with van der Waals surface area (Å²) in [6, 6.07) is 9.53. The second-order valence-corrected chi connectivity index (χ2v) is 7.21. The van der Waals surface area contributed by atoms with E-state index in [1.54, 1.807) is 24.3 Å². The van der Waals surface area contributed by atoms with Gasteiger partial charge in [-0.3, -0.25) is 9.29 Å². The maximum Gasteiger partial charge on any atom is 0.419 e. The van der Waals surface area contributed by atoms with E-state index in [0.29, 0.717) is 11.2 Å². The average Bonchev–Trinajstić information content (AvgIpc) is 2.76. The summed E-state index contributed by atoms with van der Waals surface area (Å²) in [6.07, 6.45) is 0. The van der Waals surface area contributed by atoms with Crippen molar-refractivity contribution in [2.75, 3.05) is 4.72 Å². The first-order valence-corrected chi connectivity index (χ1v) is 8.52. The summed E-state index contributed by atoms with van der Waals surface area (Å²) >= 11 is 6.08.